The number of nitrogens with one attached hydrogen (secondary N) is 1. The number of urea groups is 1. The number of carbonyl (C=O) groups is 2. The number of carboxylic acid groups (broad SMARTS) is 1. The number of ether oxygens (including phenoxy) is 1. The lowest BCUT2D eigenvalue weighted by molar-refractivity contribution is -0.139. The van der Waals surface area contributed by atoms with Crippen LogP contribution < -0.4 is 5.32 Å². The van der Waals surface area contributed by atoms with Crippen molar-refractivity contribution in [2.45, 2.75) is 6.04 Å². The van der Waals surface area contributed by atoms with E-state index >= 15 is 0 Å². The van der Waals surface area contributed by atoms with Crippen LogP contribution in [0.1, 0.15) is 10.9 Å². The Labute approximate surface area is 120 Å². The summed E-state index contributed by atoms with van der Waals surface area (Å²) in [6.07, 6.45) is 0. The molecule has 112 valence electrons. The van der Waals surface area contributed by atoms with Crippen LogP contribution in [-0.4, -0.2) is 60.5 Å². The lowest BCUT2D eigenvalue weighted by atomic mass is 10.2. The summed E-state index contributed by atoms with van der Waals surface area (Å²) in [5, 5.41) is 22.3. The molecule has 8 heteroatoms. The van der Waals surface area contributed by atoms with Gasteiger partial charge in [0, 0.05) is 25.1 Å². The second kappa shape index (κ2) is 8.51. The van der Waals surface area contributed by atoms with Crippen molar-refractivity contribution >= 4 is 23.3 Å². The molecule has 0 aliphatic rings. The Bertz CT molecular complexity index is 423. The van der Waals surface area contributed by atoms with Gasteiger partial charge in [-0.2, -0.15) is 0 Å². The third-order valence-electron chi connectivity index (χ3n) is 2.56. The summed E-state index contributed by atoms with van der Waals surface area (Å²) < 4.78 is 4.88. The predicted octanol–water partition coefficient (Wildman–Crippen LogP) is 0.524. The number of aliphatic hydroxyl groups is 1. The Morgan fingerprint density at radius 3 is 2.75 bits per heavy atom. The molecule has 1 aromatic rings. The summed E-state index contributed by atoms with van der Waals surface area (Å²) in [4.78, 5) is 25.1. The maximum absolute atomic E-state index is 12.0. The highest BCUT2D eigenvalue weighted by atomic mass is 32.1. The molecular formula is C12H18N2O5S. The van der Waals surface area contributed by atoms with Gasteiger partial charge in [0.05, 0.1) is 13.2 Å². The topological polar surface area (TPSA) is 99.1 Å². The van der Waals surface area contributed by atoms with Crippen LogP contribution >= 0.6 is 11.3 Å². The minimum Gasteiger partial charge on any atom is -0.479 e. The average Bonchev–Trinajstić information content (AvgIpc) is 2.93. The Morgan fingerprint density at radius 1 is 1.50 bits per heavy atom. The van der Waals surface area contributed by atoms with E-state index in [1.54, 1.807) is 17.5 Å². The van der Waals surface area contributed by atoms with Gasteiger partial charge in [-0.1, -0.05) is 6.07 Å². The van der Waals surface area contributed by atoms with Gasteiger partial charge < -0.3 is 25.2 Å². The van der Waals surface area contributed by atoms with Crippen LogP contribution in [0.25, 0.3) is 0 Å². The van der Waals surface area contributed by atoms with E-state index in [-0.39, 0.29) is 19.7 Å². The molecule has 0 saturated carbocycles. The van der Waals surface area contributed by atoms with Crippen molar-refractivity contribution in [3.05, 3.63) is 22.4 Å². The first-order chi connectivity index (χ1) is 9.60. The largest absolute Gasteiger partial charge is 0.479 e. The fourth-order valence-electron chi connectivity index (χ4n) is 1.56. The minimum absolute atomic E-state index is 0.117. The normalized spacial score (nSPS) is 11.9. The Balaban J connectivity index is 2.70. The number of aliphatic hydroxyl groups excluding tert-OH is 1. The van der Waals surface area contributed by atoms with Gasteiger partial charge in [0.25, 0.3) is 0 Å². The smallest absolute Gasteiger partial charge is 0.331 e. The van der Waals surface area contributed by atoms with Gasteiger partial charge in [-0.3, -0.25) is 0 Å². The maximum Gasteiger partial charge on any atom is 0.331 e. The molecule has 0 saturated heterocycles. The maximum atomic E-state index is 12.0. The van der Waals surface area contributed by atoms with Crippen LogP contribution in [0.5, 0.6) is 0 Å². The van der Waals surface area contributed by atoms with Crippen molar-refractivity contribution in [2.75, 3.05) is 33.4 Å². The molecule has 0 radical (unpaired) electrons. The molecule has 0 aliphatic carbocycles. The van der Waals surface area contributed by atoms with E-state index in [2.05, 4.69) is 5.32 Å². The average molecular weight is 302 g/mol. The number of thiophene rings is 1. The molecule has 1 unspecified atom stereocenters. The first-order valence-corrected chi connectivity index (χ1v) is 6.89. The van der Waals surface area contributed by atoms with Crippen molar-refractivity contribution < 1.29 is 24.5 Å². The summed E-state index contributed by atoms with van der Waals surface area (Å²) in [5.74, 6) is -1.13. The van der Waals surface area contributed by atoms with Crippen molar-refractivity contribution in [1.82, 2.24) is 10.2 Å². The van der Waals surface area contributed by atoms with Gasteiger partial charge in [-0.05, 0) is 11.4 Å². The van der Waals surface area contributed by atoms with Crippen molar-refractivity contribution in [1.29, 1.82) is 0 Å². The number of carbonyl (C=O) groups excluding carboxylic acids is 1. The standard InChI is InChI=1S/C12H18N2O5S/c1-19-7-5-14(4-6-15)12(18)13-10(11(16)17)9-3-2-8-20-9/h2-3,8,10,15H,4-7H2,1H3,(H,13,18)(H,16,17). The van der Waals surface area contributed by atoms with Gasteiger partial charge in [0.2, 0.25) is 0 Å². The molecule has 0 aliphatic heterocycles. The summed E-state index contributed by atoms with van der Waals surface area (Å²) in [6.45, 7) is 0.504. The summed E-state index contributed by atoms with van der Waals surface area (Å²) in [5.41, 5.74) is 0. The minimum atomic E-state index is -1.13. The van der Waals surface area contributed by atoms with E-state index in [4.69, 9.17) is 9.84 Å². The molecule has 0 fully saturated rings. The SMILES string of the molecule is COCCN(CCO)C(=O)NC(C(=O)O)c1cccs1. The van der Waals surface area contributed by atoms with E-state index in [0.717, 1.165) is 0 Å². The zero-order valence-electron chi connectivity index (χ0n) is 11.1. The fourth-order valence-corrected chi connectivity index (χ4v) is 2.33. The zero-order chi connectivity index (χ0) is 15.0. The highest BCUT2D eigenvalue weighted by molar-refractivity contribution is 7.10. The Morgan fingerprint density at radius 2 is 2.25 bits per heavy atom. The molecule has 0 spiro atoms. The van der Waals surface area contributed by atoms with Crippen molar-refractivity contribution in [3.63, 3.8) is 0 Å². The van der Waals surface area contributed by atoms with Crippen LogP contribution in [0, 0.1) is 0 Å². The lowest BCUT2D eigenvalue weighted by Crippen LogP contribution is -2.45. The van der Waals surface area contributed by atoms with Gasteiger partial charge in [-0.15, -0.1) is 11.3 Å². The Kier molecular flexibility index (Phi) is 6.99. The molecule has 7 nitrogen and oxygen atoms in total. The number of amides is 2. The molecule has 1 rings (SSSR count). The molecule has 1 heterocycles. The van der Waals surface area contributed by atoms with Gasteiger partial charge in [-0.25, -0.2) is 9.59 Å². The first kappa shape index (κ1) is 16.4. The third-order valence-corrected chi connectivity index (χ3v) is 3.50. The summed E-state index contributed by atoms with van der Waals surface area (Å²) in [6, 6.07) is 1.73. The Hall–Kier alpha value is -1.64. The summed E-state index contributed by atoms with van der Waals surface area (Å²) >= 11 is 1.26. The van der Waals surface area contributed by atoms with Crippen LogP contribution in [0.4, 0.5) is 4.79 Å². The fraction of sp³-hybridized carbons (Fsp3) is 0.500. The molecule has 2 amide bonds. The quantitative estimate of drug-likeness (QED) is 0.650. The van der Waals surface area contributed by atoms with Crippen LogP contribution in [0.2, 0.25) is 0 Å². The van der Waals surface area contributed by atoms with Gasteiger partial charge in [0.15, 0.2) is 6.04 Å². The van der Waals surface area contributed by atoms with Crippen molar-refractivity contribution in [3.8, 4) is 0 Å². The van der Waals surface area contributed by atoms with E-state index in [1.165, 1.54) is 23.3 Å². The van der Waals surface area contributed by atoms with Gasteiger partial charge in [0.1, 0.15) is 0 Å². The van der Waals surface area contributed by atoms with E-state index in [1.807, 2.05) is 0 Å². The predicted molar refractivity (Wildman–Crippen MR) is 73.8 cm³/mol. The number of methoxy groups -OCH3 is 1. The highest BCUT2D eigenvalue weighted by Gasteiger charge is 2.25. The lowest BCUT2D eigenvalue weighted by Gasteiger charge is -2.23. The van der Waals surface area contributed by atoms with Crippen LogP contribution in [0.15, 0.2) is 17.5 Å². The van der Waals surface area contributed by atoms with Gasteiger partial charge >= 0.3 is 12.0 Å². The number of aliphatic carboxylic acids is 1. The number of hydrogen-bond donors (Lipinski definition) is 3. The van der Waals surface area contributed by atoms with Crippen molar-refractivity contribution in [2.24, 2.45) is 0 Å². The second-order valence-electron chi connectivity index (χ2n) is 3.94. The molecule has 0 aromatic carbocycles. The van der Waals surface area contributed by atoms with Crippen LogP contribution in [0.3, 0.4) is 0 Å². The molecular weight excluding hydrogens is 284 g/mol. The molecule has 1 atom stereocenters. The van der Waals surface area contributed by atoms with Crippen LogP contribution in [-0.2, 0) is 9.53 Å². The first-order valence-electron chi connectivity index (χ1n) is 6.01. The number of nitrogens with zero attached hydrogens (tertiary/aromatic N) is 1. The number of rotatable bonds is 8. The number of carboxylic acids is 1. The molecule has 0 bridgehead atoms. The van der Waals surface area contributed by atoms with E-state index in [9.17, 15) is 14.7 Å². The van der Waals surface area contributed by atoms with E-state index < -0.39 is 18.0 Å². The second-order valence-corrected chi connectivity index (χ2v) is 4.92. The monoisotopic (exact) mass is 302 g/mol. The van der Waals surface area contributed by atoms with E-state index in [0.29, 0.717) is 11.5 Å². The molecule has 1 aromatic heterocycles. The summed E-state index contributed by atoms with van der Waals surface area (Å²) in [7, 11) is 1.50. The zero-order valence-corrected chi connectivity index (χ0v) is 11.9. The third kappa shape index (κ3) is 4.80. The molecule has 20 heavy (non-hydrogen) atoms. The highest BCUT2D eigenvalue weighted by Crippen LogP contribution is 2.19. The molecule has 3 N–H and O–H groups in total. The number of hydrogen-bond acceptors (Lipinski definition) is 5.